The molecule has 36 heavy (non-hydrogen) atoms. The van der Waals surface area contributed by atoms with Crippen LogP contribution in [0.2, 0.25) is 0 Å². The van der Waals surface area contributed by atoms with Crippen molar-refractivity contribution in [3.05, 3.63) is 0 Å². The Kier molecular flexibility index (Phi) is 154. The first-order chi connectivity index (χ1) is 16.9. The minimum atomic E-state index is -0.833. The number of nitrogens with one attached hydrogen (secondary N) is 2. The van der Waals surface area contributed by atoms with Gasteiger partial charge in [-0.2, -0.15) is 0 Å². The summed E-state index contributed by atoms with van der Waals surface area (Å²) in [6.45, 7) is 20.2. The molecule has 0 aromatic heterocycles. The molecule has 12 heteroatoms. The second-order valence-electron chi connectivity index (χ2n) is 4.94. The summed E-state index contributed by atoms with van der Waals surface area (Å²) in [6.07, 6.45) is 0. The molecule has 0 unspecified atom stereocenters. The number of aliphatic hydroxyl groups excluding tert-OH is 1. The number of carbonyl (C=O) groups excluding carboxylic acids is 2. The molecule has 0 spiro atoms. The number of carboxylic acid groups (broad SMARTS) is 1. The van der Waals surface area contributed by atoms with Crippen LogP contribution in [0, 0.1) is 0 Å². The Labute approximate surface area is 222 Å². The van der Waals surface area contributed by atoms with Crippen LogP contribution in [0.4, 0.5) is 0 Å². The number of aliphatic carboxylic acids is 1. The fourth-order valence-electron chi connectivity index (χ4n) is 0.407. The molecule has 0 aliphatic carbocycles. The molecule has 12 nitrogen and oxygen atoms in total. The Bertz CT molecular complexity index is 281. The summed E-state index contributed by atoms with van der Waals surface area (Å²) in [7, 11) is 9.72. The lowest BCUT2D eigenvalue weighted by Gasteiger charge is -1.89. The molecule has 0 rings (SSSR count). The van der Waals surface area contributed by atoms with E-state index in [1.54, 1.807) is 28.1 Å². The Balaban J connectivity index is -0.0000000332. The van der Waals surface area contributed by atoms with Gasteiger partial charge in [-0.25, -0.2) is 0 Å². The van der Waals surface area contributed by atoms with Gasteiger partial charge in [0.05, 0.1) is 13.2 Å². The molecule has 0 bridgehead atoms. The van der Waals surface area contributed by atoms with Gasteiger partial charge in [0.2, 0.25) is 0 Å². The Morgan fingerprint density at radius 2 is 0.778 bits per heavy atom. The van der Waals surface area contributed by atoms with Crippen LogP contribution in [0.15, 0.2) is 0 Å². The summed E-state index contributed by atoms with van der Waals surface area (Å²) >= 11 is 0. The van der Waals surface area contributed by atoms with E-state index in [1.165, 1.54) is 20.9 Å². The summed E-state index contributed by atoms with van der Waals surface area (Å²) in [4.78, 5) is 28.6. The summed E-state index contributed by atoms with van der Waals surface area (Å²) in [5, 5.41) is 20.3. The van der Waals surface area contributed by atoms with E-state index in [4.69, 9.17) is 15.0 Å². The second-order valence-corrected chi connectivity index (χ2v) is 4.94. The van der Waals surface area contributed by atoms with Gasteiger partial charge in [-0.05, 0) is 61.9 Å². The number of methoxy groups -OCH3 is 2. The Hall–Kier alpha value is -1.83. The predicted molar refractivity (Wildman–Crippen MR) is 150 cm³/mol. The summed E-state index contributed by atoms with van der Waals surface area (Å²) < 4.78 is 17.9. The summed E-state index contributed by atoms with van der Waals surface area (Å²) in [5.41, 5.74) is 4.50. The number of aliphatic hydroxyl groups is 1. The molecule has 0 aromatic carbocycles. The first-order valence-electron chi connectivity index (χ1n) is 11.7. The topological polar surface area (TPSA) is 179 Å². The first-order valence-corrected chi connectivity index (χ1v) is 11.7. The average Bonchev–Trinajstić information content (AvgIpc) is 2.87. The van der Waals surface area contributed by atoms with Crippen molar-refractivity contribution >= 4 is 17.9 Å². The highest BCUT2D eigenvalue weighted by molar-refractivity contribution is 5.66. The molecule has 0 saturated carbocycles. The number of nitrogens with two attached hydrogens (primary N) is 1. The number of carboxylic acids is 1. The van der Waals surface area contributed by atoms with Crippen molar-refractivity contribution in [2.24, 2.45) is 5.73 Å². The van der Waals surface area contributed by atoms with E-state index in [0.29, 0.717) is 13.2 Å². The summed E-state index contributed by atoms with van der Waals surface area (Å²) in [5.74, 6) is -1.25. The van der Waals surface area contributed by atoms with Crippen molar-refractivity contribution < 1.29 is 43.5 Å². The Morgan fingerprint density at radius 3 is 0.778 bits per heavy atom. The molecular weight excluding hydrogens is 474 g/mol. The monoisotopic (exact) mass is 537 g/mol. The van der Waals surface area contributed by atoms with E-state index in [0.717, 1.165) is 40.3 Å². The molecule has 0 radical (unpaired) electrons. The molecule has 0 heterocycles. The fourth-order valence-corrected chi connectivity index (χ4v) is 0.407. The maximum absolute atomic E-state index is 9.82. The Morgan fingerprint density at radius 1 is 0.639 bits per heavy atom. The third-order valence-electron chi connectivity index (χ3n) is 1.98. The summed E-state index contributed by atoms with van der Waals surface area (Å²) in [6, 6.07) is 0. The third-order valence-corrected chi connectivity index (χ3v) is 1.98. The maximum atomic E-state index is 9.82. The van der Waals surface area contributed by atoms with Gasteiger partial charge in [-0.3, -0.25) is 14.4 Å². The quantitative estimate of drug-likeness (QED) is 0.312. The van der Waals surface area contributed by atoms with Gasteiger partial charge >= 0.3 is 11.9 Å². The molecule has 0 aliphatic rings. The van der Waals surface area contributed by atoms with E-state index >= 15 is 0 Å². The van der Waals surface area contributed by atoms with Gasteiger partial charge in [0.25, 0.3) is 5.97 Å². The highest BCUT2D eigenvalue weighted by atomic mass is 16.5. The van der Waals surface area contributed by atoms with Crippen LogP contribution in [0.3, 0.4) is 0 Å². The van der Waals surface area contributed by atoms with Gasteiger partial charge < -0.3 is 45.5 Å². The minimum Gasteiger partial charge on any atom is -0.481 e. The molecule has 0 fully saturated rings. The molecule has 0 atom stereocenters. The minimum absolute atomic E-state index is 0.211. The van der Waals surface area contributed by atoms with Crippen molar-refractivity contribution in [3.8, 4) is 0 Å². The lowest BCUT2D eigenvalue weighted by molar-refractivity contribution is -0.141. The van der Waals surface area contributed by atoms with E-state index in [9.17, 15) is 9.59 Å². The van der Waals surface area contributed by atoms with Crippen LogP contribution in [0.1, 0.15) is 62.3 Å². The highest BCUT2D eigenvalue weighted by Crippen LogP contribution is 1.70. The van der Waals surface area contributed by atoms with Crippen LogP contribution >= 0.6 is 0 Å². The zero-order chi connectivity index (χ0) is 31.2. The number of hydrogen-bond donors (Lipinski definition) is 5. The first kappa shape index (κ1) is 59.3. The molecule has 6 N–H and O–H groups in total. The van der Waals surface area contributed by atoms with E-state index in [2.05, 4.69) is 49.2 Å². The van der Waals surface area contributed by atoms with Gasteiger partial charge in [-0.1, -0.05) is 13.8 Å². The van der Waals surface area contributed by atoms with Gasteiger partial charge in [0, 0.05) is 55.3 Å². The zero-order valence-electron chi connectivity index (χ0n) is 26.1. The van der Waals surface area contributed by atoms with Crippen LogP contribution in [-0.4, -0.2) is 110 Å². The van der Waals surface area contributed by atoms with Crippen LogP contribution in [0.25, 0.3) is 0 Å². The van der Waals surface area contributed by atoms with Crippen molar-refractivity contribution in [1.82, 2.24) is 10.6 Å². The van der Waals surface area contributed by atoms with Crippen LogP contribution < -0.4 is 16.4 Å². The molecule has 0 aliphatic heterocycles. The van der Waals surface area contributed by atoms with Crippen molar-refractivity contribution in [1.29, 1.82) is 0 Å². The third kappa shape index (κ3) is 468. The van der Waals surface area contributed by atoms with Crippen LogP contribution in [-0.2, 0) is 33.3 Å². The fraction of sp³-hybridized carbons (Fsp3) is 0.875. The SMILES string of the molecule is CC(=O)O.CCNC.CCNC.CCOC.CCOC.CCOC(C)=O.CCOC(C)=O.CN.CO. The van der Waals surface area contributed by atoms with Gasteiger partial charge in [-0.15, -0.1) is 0 Å². The number of hydrogen-bond acceptors (Lipinski definition) is 11. The normalized spacial score (nSPS) is 6.92. The van der Waals surface area contributed by atoms with Crippen molar-refractivity contribution in [2.45, 2.75) is 62.3 Å². The van der Waals surface area contributed by atoms with E-state index < -0.39 is 5.97 Å². The number of rotatable bonds is 6. The molecule has 228 valence electrons. The number of esters is 2. The van der Waals surface area contributed by atoms with Gasteiger partial charge in [0.15, 0.2) is 0 Å². The zero-order valence-corrected chi connectivity index (χ0v) is 26.1. The second kappa shape index (κ2) is 93.4. The predicted octanol–water partition coefficient (Wildman–Crippen LogP) is 2.17. The standard InChI is InChI=1S/2C4H8O2.2C3H9N.2C3H8O.C2H4O2.CH5N.CH4O/c2*1-3-6-4(2)5;4*1-3-4-2;1-2(3)4;2*1-2/h2*3H2,1-2H3;2*4H,3H2,1-2H3;2*3H2,1-2H3;1H3,(H,3,4);2H2,1H3;2H,1H3. The maximum Gasteiger partial charge on any atom is 0.302 e. The van der Waals surface area contributed by atoms with Crippen molar-refractivity contribution in [2.75, 3.05) is 82.0 Å². The van der Waals surface area contributed by atoms with Crippen molar-refractivity contribution in [3.63, 3.8) is 0 Å². The lowest BCUT2D eigenvalue weighted by atomic mass is 10.8. The smallest absolute Gasteiger partial charge is 0.302 e. The highest BCUT2D eigenvalue weighted by Gasteiger charge is 1.82. The van der Waals surface area contributed by atoms with Gasteiger partial charge in [0.1, 0.15) is 0 Å². The van der Waals surface area contributed by atoms with Crippen LogP contribution in [0.5, 0.6) is 0 Å². The largest absolute Gasteiger partial charge is 0.481 e. The molecular formula is C24H63N3O9. The number of carbonyl (C=O) groups is 3. The number of ether oxygens (including phenoxy) is 4. The lowest BCUT2D eigenvalue weighted by Crippen LogP contribution is -2.01. The molecule has 0 amide bonds. The van der Waals surface area contributed by atoms with E-state index in [1.807, 2.05) is 27.9 Å². The average molecular weight is 538 g/mol. The molecule has 0 saturated heterocycles. The van der Waals surface area contributed by atoms with E-state index in [-0.39, 0.29) is 11.9 Å². The molecule has 0 aromatic rings.